The fourth-order valence-electron chi connectivity index (χ4n) is 0.904. The monoisotopic (exact) mass is 217 g/mol. The summed E-state index contributed by atoms with van der Waals surface area (Å²) >= 11 is 0. The van der Waals surface area contributed by atoms with E-state index >= 15 is 0 Å². The number of carboxylic acids is 1. The van der Waals surface area contributed by atoms with Crippen LogP contribution in [0.3, 0.4) is 0 Å². The number of likely N-dealkylation sites (N-methyl/N-ethyl adjacent to an activating group) is 1. The van der Waals surface area contributed by atoms with Crippen LogP contribution in [0, 0.1) is 0 Å². The van der Waals surface area contributed by atoms with Crippen molar-refractivity contribution in [2.75, 3.05) is 26.8 Å². The summed E-state index contributed by atoms with van der Waals surface area (Å²) in [4.78, 5) is 23.0. The Morgan fingerprint density at radius 1 is 1.40 bits per heavy atom. The largest absolute Gasteiger partial charge is 0.481 e. The number of hydrogen-bond acceptors (Lipinski definition) is 3. The molecule has 0 aromatic rings. The Labute approximate surface area is 90.0 Å². The number of nitrogens with zero attached hydrogens (tertiary/aromatic N) is 1. The van der Waals surface area contributed by atoms with Crippen molar-refractivity contribution in [2.45, 2.75) is 26.2 Å². The molecule has 5 nitrogen and oxygen atoms in total. The van der Waals surface area contributed by atoms with Crippen LogP contribution in [0.5, 0.6) is 0 Å². The van der Waals surface area contributed by atoms with E-state index in [9.17, 15) is 9.59 Å². The van der Waals surface area contributed by atoms with E-state index in [2.05, 4.69) is 0 Å². The highest BCUT2D eigenvalue weighted by Gasteiger charge is 2.09. The Balaban J connectivity index is 3.55. The first kappa shape index (κ1) is 13.9. The number of amides is 1. The van der Waals surface area contributed by atoms with Gasteiger partial charge < -0.3 is 14.7 Å². The topological polar surface area (TPSA) is 66.8 Å². The lowest BCUT2D eigenvalue weighted by Gasteiger charge is -2.15. The average molecular weight is 217 g/mol. The van der Waals surface area contributed by atoms with E-state index in [0.717, 1.165) is 12.8 Å². The SMILES string of the molecule is CCCCOCC(=O)N(C)CCC(=O)O. The Hall–Kier alpha value is -1.10. The van der Waals surface area contributed by atoms with Gasteiger partial charge in [0.05, 0.1) is 6.42 Å². The first-order chi connectivity index (χ1) is 7.07. The van der Waals surface area contributed by atoms with Crippen LogP contribution in [0.4, 0.5) is 0 Å². The lowest BCUT2D eigenvalue weighted by molar-refractivity contribution is -0.139. The maximum Gasteiger partial charge on any atom is 0.305 e. The molecule has 0 fully saturated rings. The minimum atomic E-state index is -0.901. The van der Waals surface area contributed by atoms with Gasteiger partial charge in [-0.3, -0.25) is 9.59 Å². The summed E-state index contributed by atoms with van der Waals surface area (Å²) in [5, 5.41) is 8.42. The standard InChI is InChI=1S/C10H19NO4/c1-3-4-7-15-8-9(12)11(2)6-5-10(13)14/h3-8H2,1-2H3,(H,13,14). The van der Waals surface area contributed by atoms with E-state index in [-0.39, 0.29) is 25.5 Å². The normalized spacial score (nSPS) is 10.0. The van der Waals surface area contributed by atoms with Crippen LogP contribution in [-0.4, -0.2) is 48.7 Å². The van der Waals surface area contributed by atoms with E-state index in [1.165, 1.54) is 4.90 Å². The van der Waals surface area contributed by atoms with Gasteiger partial charge >= 0.3 is 5.97 Å². The third-order valence-corrected chi connectivity index (χ3v) is 1.95. The molecule has 0 bridgehead atoms. The van der Waals surface area contributed by atoms with Crippen molar-refractivity contribution < 1.29 is 19.4 Å². The summed E-state index contributed by atoms with van der Waals surface area (Å²) in [7, 11) is 1.58. The third-order valence-electron chi connectivity index (χ3n) is 1.95. The second kappa shape index (κ2) is 8.23. The summed E-state index contributed by atoms with van der Waals surface area (Å²) in [6, 6.07) is 0. The zero-order valence-corrected chi connectivity index (χ0v) is 9.36. The summed E-state index contributed by atoms with van der Waals surface area (Å²) in [6.45, 7) is 2.89. The lowest BCUT2D eigenvalue weighted by Crippen LogP contribution is -2.32. The molecule has 0 saturated heterocycles. The molecule has 0 rings (SSSR count). The fourth-order valence-corrected chi connectivity index (χ4v) is 0.904. The van der Waals surface area contributed by atoms with E-state index in [4.69, 9.17) is 9.84 Å². The Morgan fingerprint density at radius 3 is 2.60 bits per heavy atom. The first-order valence-electron chi connectivity index (χ1n) is 5.11. The van der Waals surface area contributed by atoms with Crippen LogP contribution in [0.2, 0.25) is 0 Å². The number of ether oxygens (including phenoxy) is 1. The van der Waals surface area contributed by atoms with Crippen LogP contribution >= 0.6 is 0 Å². The lowest BCUT2D eigenvalue weighted by atomic mass is 10.3. The van der Waals surface area contributed by atoms with Crippen LogP contribution < -0.4 is 0 Å². The number of aliphatic carboxylic acids is 1. The fraction of sp³-hybridized carbons (Fsp3) is 0.800. The Bertz CT molecular complexity index is 206. The molecule has 5 heteroatoms. The van der Waals surface area contributed by atoms with Gasteiger partial charge in [-0.1, -0.05) is 13.3 Å². The van der Waals surface area contributed by atoms with Crippen molar-refractivity contribution in [2.24, 2.45) is 0 Å². The zero-order chi connectivity index (χ0) is 11.7. The van der Waals surface area contributed by atoms with Gasteiger partial charge in [0.25, 0.3) is 0 Å². The van der Waals surface area contributed by atoms with Gasteiger partial charge in [0.1, 0.15) is 6.61 Å². The molecule has 15 heavy (non-hydrogen) atoms. The molecule has 1 N–H and O–H groups in total. The smallest absolute Gasteiger partial charge is 0.305 e. The van der Waals surface area contributed by atoms with Gasteiger partial charge in [-0.25, -0.2) is 0 Å². The van der Waals surface area contributed by atoms with Gasteiger partial charge in [0, 0.05) is 20.2 Å². The molecule has 1 amide bonds. The summed E-state index contributed by atoms with van der Waals surface area (Å²) in [6.07, 6.45) is 1.94. The molecular weight excluding hydrogens is 198 g/mol. The highest BCUT2D eigenvalue weighted by molar-refractivity contribution is 5.77. The average Bonchev–Trinajstić information content (AvgIpc) is 2.20. The molecule has 0 atom stereocenters. The second-order valence-electron chi connectivity index (χ2n) is 3.37. The van der Waals surface area contributed by atoms with Crippen LogP contribution in [0.15, 0.2) is 0 Å². The van der Waals surface area contributed by atoms with E-state index in [0.29, 0.717) is 6.61 Å². The highest BCUT2D eigenvalue weighted by Crippen LogP contribution is 1.92. The maximum absolute atomic E-state index is 11.3. The molecule has 0 aliphatic heterocycles. The van der Waals surface area contributed by atoms with Gasteiger partial charge in [0.2, 0.25) is 5.91 Å². The molecule has 0 saturated carbocycles. The van der Waals surface area contributed by atoms with Crippen molar-refractivity contribution in [1.29, 1.82) is 0 Å². The minimum Gasteiger partial charge on any atom is -0.481 e. The third kappa shape index (κ3) is 7.93. The van der Waals surface area contributed by atoms with Crippen molar-refractivity contribution in [3.63, 3.8) is 0 Å². The predicted octanol–water partition coefficient (Wildman–Crippen LogP) is 0.736. The van der Waals surface area contributed by atoms with E-state index in [1.807, 2.05) is 6.92 Å². The van der Waals surface area contributed by atoms with Crippen molar-refractivity contribution >= 4 is 11.9 Å². The van der Waals surface area contributed by atoms with Crippen molar-refractivity contribution in [3.8, 4) is 0 Å². The maximum atomic E-state index is 11.3. The van der Waals surface area contributed by atoms with Gasteiger partial charge in [0.15, 0.2) is 0 Å². The number of carbonyl (C=O) groups excluding carboxylic acids is 1. The molecule has 0 unspecified atom stereocenters. The summed E-state index contributed by atoms with van der Waals surface area (Å²) in [5.74, 6) is -1.08. The highest BCUT2D eigenvalue weighted by atomic mass is 16.5. The number of carboxylic acid groups (broad SMARTS) is 1. The van der Waals surface area contributed by atoms with Crippen molar-refractivity contribution in [1.82, 2.24) is 4.90 Å². The quantitative estimate of drug-likeness (QED) is 0.609. The van der Waals surface area contributed by atoms with Crippen LogP contribution in [-0.2, 0) is 14.3 Å². The number of rotatable bonds is 8. The number of hydrogen-bond donors (Lipinski definition) is 1. The Kier molecular flexibility index (Phi) is 7.62. The predicted molar refractivity (Wildman–Crippen MR) is 55.6 cm³/mol. The molecule has 88 valence electrons. The summed E-state index contributed by atoms with van der Waals surface area (Å²) < 4.78 is 5.13. The van der Waals surface area contributed by atoms with Gasteiger partial charge in [-0.2, -0.15) is 0 Å². The summed E-state index contributed by atoms with van der Waals surface area (Å²) in [5.41, 5.74) is 0. The van der Waals surface area contributed by atoms with Gasteiger partial charge in [-0.15, -0.1) is 0 Å². The minimum absolute atomic E-state index is 0.0306. The molecule has 0 spiro atoms. The second-order valence-corrected chi connectivity index (χ2v) is 3.37. The zero-order valence-electron chi connectivity index (χ0n) is 9.36. The molecule has 0 aliphatic carbocycles. The molecule has 0 aliphatic rings. The molecular formula is C10H19NO4. The molecule has 0 aromatic heterocycles. The molecule has 0 heterocycles. The van der Waals surface area contributed by atoms with Crippen LogP contribution in [0.25, 0.3) is 0 Å². The number of carbonyl (C=O) groups is 2. The Morgan fingerprint density at radius 2 is 2.07 bits per heavy atom. The molecule has 0 aromatic carbocycles. The van der Waals surface area contributed by atoms with E-state index < -0.39 is 5.97 Å². The first-order valence-corrected chi connectivity index (χ1v) is 5.11. The van der Waals surface area contributed by atoms with E-state index in [1.54, 1.807) is 7.05 Å². The van der Waals surface area contributed by atoms with Crippen molar-refractivity contribution in [3.05, 3.63) is 0 Å². The molecule has 0 radical (unpaired) electrons. The number of unbranched alkanes of at least 4 members (excludes halogenated alkanes) is 1. The van der Waals surface area contributed by atoms with Gasteiger partial charge in [-0.05, 0) is 6.42 Å². The van der Waals surface area contributed by atoms with Crippen LogP contribution in [0.1, 0.15) is 26.2 Å².